The van der Waals surface area contributed by atoms with Gasteiger partial charge in [-0.3, -0.25) is 9.59 Å². The SMILES string of the molecule is COc1cc(F)c(OC2CCC(C=O)CC2)cc1C(=O)NC1C2CCC(C2)C1C(=O)Nc1cccc(C(F)F)c1. The number of alkyl halides is 2. The van der Waals surface area contributed by atoms with Crippen molar-refractivity contribution in [3.05, 3.63) is 53.3 Å². The highest BCUT2D eigenvalue weighted by atomic mass is 19.3. The summed E-state index contributed by atoms with van der Waals surface area (Å²) in [7, 11) is 1.34. The number of carbonyl (C=O) groups is 3. The highest BCUT2D eigenvalue weighted by molar-refractivity contribution is 5.99. The van der Waals surface area contributed by atoms with E-state index < -0.39 is 30.1 Å². The lowest BCUT2D eigenvalue weighted by molar-refractivity contribution is -0.122. The molecule has 2 bridgehead atoms. The van der Waals surface area contributed by atoms with Crippen LogP contribution >= 0.6 is 0 Å². The number of methoxy groups -OCH3 is 1. The van der Waals surface area contributed by atoms with Crippen molar-refractivity contribution in [2.24, 2.45) is 23.7 Å². The molecule has 0 aliphatic heterocycles. The third-order valence-corrected chi connectivity index (χ3v) is 8.63. The van der Waals surface area contributed by atoms with Crippen molar-refractivity contribution in [3.63, 3.8) is 0 Å². The summed E-state index contributed by atoms with van der Waals surface area (Å²) in [6.45, 7) is 0. The Bertz CT molecular complexity index is 1260. The minimum Gasteiger partial charge on any atom is -0.496 e. The van der Waals surface area contributed by atoms with Crippen LogP contribution in [-0.2, 0) is 9.59 Å². The summed E-state index contributed by atoms with van der Waals surface area (Å²) in [4.78, 5) is 37.9. The van der Waals surface area contributed by atoms with Gasteiger partial charge in [0.05, 0.1) is 24.7 Å². The van der Waals surface area contributed by atoms with Gasteiger partial charge in [-0.15, -0.1) is 0 Å². The van der Waals surface area contributed by atoms with Crippen LogP contribution in [0.25, 0.3) is 0 Å². The fraction of sp³-hybridized carbons (Fsp3) is 0.500. The summed E-state index contributed by atoms with van der Waals surface area (Å²) >= 11 is 0. The number of hydrogen-bond acceptors (Lipinski definition) is 5. The smallest absolute Gasteiger partial charge is 0.263 e. The Morgan fingerprint density at radius 1 is 1.00 bits per heavy atom. The van der Waals surface area contributed by atoms with E-state index in [2.05, 4.69) is 10.6 Å². The van der Waals surface area contributed by atoms with Gasteiger partial charge in [0.1, 0.15) is 12.0 Å². The molecule has 0 spiro atoms. The molecule has 3 aliphatic rings. The Balaban J connectivity index is 1.32. The molecule has 7 nitrogen and oxygen atoms in total. The van der Waals surface area contributed by atoms with Gasteiger partial charge in [0.2, 0.25) is 5.91 Å². The molecular weight excluding hydrogens is 525 g/mol. The van der Waals surface area contributed by atoms with E-state index >= 15 is 0 Å². The lowest BCUT2D eigenvalue weighted by Crippen LogP contribution is -2.48. The van der Waals surface area contributed by atoms with E-state index in [0.717, 1.165) is 31.6 Å². The zero-order chi connectivity index (χ0) is 28.4. The molecule has 2 N–H and O–H groups in total. The number of aldehydes is 1. The van der Waals surface area contributed by atoms with E-state index in [0.29, 0.717) is 25.7 Å². The highest BCUT2D eigenvalue weighted by Crippen LogP contribution is 2.49. The van der Waals surface area contributed by atoms with Gasteiger partial charge in [0.25, 0.3) is 12.3 Å². The Morgan fingerprint density at radius 3 is 2.45 bits per heavy atom. The maximum Gasteiger partial charge on any atom is 0.263 e. The molecule has 214 valence electrons. The molecule has 2 aromatic rings. The molecule has 2 aromatic carbocycles. The standard InChI is InChI=1S/C30H33F3N2O5/c1-39-24-14-23(31)25(40-21-9-5-16(15-36)6-10-21)13-22(24)29(37)35-27-18-8-7-17(11-18)26(27)30(38)34-20-4-2-3-19(12-20)28(32)33/h2-4,12-18,21,26-28H,5-11H2,1H3,(H,34,38)(H,35,37). The summed E-state index contributed by atoms with van der Waals surface area (Å²) < 4.78 is 52.3. The Labute approximate surface area is 230 Å². The summed E-state index contributed by atoms with van der Waals surface area (Å²) in [5, 5.41) is 5.75. The van der Waals surface area contributed by atoms with Crippen molar-refractivity contribution in [1.82, 2.24) is 5.32 Å². The molecule has 5 rings (SSSR count). The first kappa shape index (κ1) is 28.0. The second-order valence-electron chi connectivity index (χ2n) is 11.0. The van der Waals surface area contributed by atoms with E-state index in [1.165, 1.54) is 31.4 Å². The fourth-order valence-corrected chi connectivity index (χ4v) is 6.58. The molecular formula is C30H33F3N2O5. The minimum absolute atomic E-state index is 0.0120. The van der Waals surface area contributed by atoms with Crippen LogP contribution in [0.15, 0.2) is 36.4 Å². The first-order valence-corrected chi connectivity index (χ1v) is 13.8. The average molecular weight is 559 g/mol. The van der Waals surface area contributed by atoms with Crippen molar-refractivity contribution in [2.75, 3.05) is 12.4 Å². The van der Waals surface area contributed by atoms with Crippen LogP contribution in [0.5, 0.6) is 11.5 Å². The number of benzene rings is 2. The van der Waals surface area contributed by atoms with Gasteiger partial charge in [-0.05, 0) is 75.0 Å². The zero-order valence-electron chi connectivity index (χ0n) is 22.2. The molecule has 10 heteroatoms. The average Bonchev–Trinajstić information content (AvgIpc) is 3.56. The van der Waals surface area contributed by atoms with Gasteiger partial charge in [0, 0.05) is 29.3 Å². The molecule has 4 unspecified atom stereocenters. The summed E-state index contributed by atoms with van der Waals surface area (Å²) in [6, 6.07) is 7.54. The molecule has 2 amide bonds. The molecule has 0 radical (unpaired) electrons. The number of fused-ring (bicyclic) bond motifs is 2. The molecule has 0 heterocycles. The van der Waals surface area contributed by atoms with Gasteiger partial charge < -0.3 is 24.9 Å². The third kappa shape index (κ3) is 5.81. The van der Waals surface area contributed by atoms with Crippen molar-refractivity contribution in [3.8, 4) is 11.5 Å². The lowest BCUT2D eigenvalue weighted by atomic mass is 9.83. The van der Waals surface area contributed by atoms with Gasteiger partial charge >= 0.3 is 0 Å². The van der Waals surface area contributed by atoms with Gasteiger partial charge in [-0.25, -0.2) is 13.2 Å². The van der Waals surface area contributed by atoms with Crippen LogP contribution < -0.4 is 20.1 Å². The summed E-state index contributed by atoms with van der Waals surface area (Å²) in [5.41, 5.74) is 0.181. The number of nitrogens with one attached hydrogen (secondary N) is 2. The first-order chi connectivity index (χ1) is 19.3. The monoisotopic (exact) mass is 558 g/mol. The van der Waals surface area contributed by atoms with Crippen LogP contribution in [-0.4, -0.2) is 37.4 Å². The van der Waals surface area contributed by atoms with Crippen molar-refractivity contribution >= 4 is 23.8 Å². The number of anilines is 1. The normalized spacial score (nSPS) is 27.3. The maximum absolute atomic E-state index is 14.9. The Kier molecular flexibility index (Phi) is 8.32. The molecule has 3 saturated carbocycles. The Morgan fingerprint density at radius 2 is 1.75 bits per heavy atom. The second kappa shape index (κ2) is 11.9. The van der Waals surface area contributed by atoms with Crippen LogP contribution in [0.2, 0.25) is 0 Å². The second-order valence-corrected chi connectivity index (χ2v) is 11.0. The number of carbonyl (C=O) groups excluding carboxylic acids is 3. The maximum atomic E-state index is 14.9. The fourth-order valence-electron chi connectivity index (χ4n) is 6.58. The predicted octanol–water partition coefficient (Wildman–Crippen LogP) is 5.69. The van der Waals surface area contributed by atoms with Gasteiger partial charge in [0.15, 0.2) is 11.6 Å². The number of ether oxygens (including phenoxy) is 2. The van der Waals surface area contributed by atoms with Gasteiger partial charge in [-0.2, -0.15) is 0 Å². The quantitative estimate of drug-likeness (QED) is 0.386. The van der Waals surface area contributed by atoms with Crippen molar-refractivity contribution in [2.45, 2.75) is 63.5 Å². The lowest BCUT2D eigenvalue weighted by Gasteiger charge is -2.31. The van der Waals surface area contributed by atoms with E-state index in [1.807, 2.05) is 0 Å². The van der Waals surface area contributed by atoms with E-state index in [9.17, 15) is 27.6 Å². The third-order valence-electron chi connectivity index (χ3n) is 8.63. The van der Waals surface area contributed by atoms with E-state index in [1.54, 1.807) is 6.07 Å². The minimum atomic E-state index is -2.66. The van der Waals surface area contributed by atoms with Crippen LogP contribution in [0, 0.1) is 29.5 Å². The van der Waals surface area contributed by atoms with Crippen LogP contribution in [0.3, 0.4) is 0 Å². The molecule has 3 fully saturated rings. The summed E-state index contributed by atoms with van der Waals surface area (Å²) in [6.07, 6.45) is 3.05. The number of halogens is 3. The molecule has 40 heavy (non-hydrogen) atoms. The molecule has 3 aliphatic carbocycles. The van der Waals surface area contributed by atoms with Crippen LogP contribution in [0.4, 0.5) is 18.9 Å². The number of hydrogen-bond donors (Lipinski definition) is 2. The Hall–Kier alpha value is -3.56. The molecule has 0 aromatic heterocycles. The molecule has 0 saturated heterocycles. The van der Waals surface area contributed by atoms with Crippen molar-refractivity contribution in [1.29, 1.82) is 0 Å². The van der Waals surface area contributed by atoms with Gasteiger partial charge in [-0.1, -0.05) is 12.1 Å². The summed E-state index contributed by atoms with van der Waals surface area (Å²) in [5.74, 6) is -1.92. The van der Waals surface area contributed by atoms with Crippen molar-refractivity contribution < 1.29 is 37.0 Å². The zero-order valence-corrected chi connectivity index (χ0v) is 22.2. The largest absolute Gasteiger partial charge is 0.496 e. The molecule has 4 atom stereocenters. The van der Waals surface area contributed by atoms with E-state index in [4.69, 9.17) is 9.47 Å². The topological polar surface area (TPSA) is 93.7 Å². The highest BCUT2D eigenvalue weighted by Gasteiger charge is 2.51. The number of rotatable bonds is 9. The first-order valence-electron chi connectivity index (χ1n) is 13.8. The number of amides is 2. The van der Waals surface area contributed by atoms with E-state index in [-0.39, 0.29) is 58.1 Å². The van der Waals surface area contributed by atoms with Crippen LogP contribution in [0.1, 0.15) is 67.3 Å². The predicted molar refractivity (Wildman–Crippen MR) is 141 cm³/mol.